The third kappa shape index (κ3) is 3.37. The standard InChI is InChI=1S/C17H17ClF2/c1-11(2)10-12-6-8-13(9-7-12)17(18)16-14(19)4-3-5-15(16)20/h3-9,11,17H,10H2,1-2H3. The highest BCUT2D eigenvalue weighted by atomic mass is 35.5. The Labute approximate surface area is 123 Å². The third-order valence-corrected chi connectivity index (χ3v) is 3.64. The van der Waals surface area contributed by atoms with Gasteiger partial charge < -0.3 is 0 Å². The fourth-order valence-electron chi connectivity index (χ4n) is 2.21. The van der Waals surface area contributed by atoms with E-state index in [0.29, 0.717) is 11.5 Å². The quantitative estimate of drug-likeness (QED) is 0.654. The van der Waals surface area contributed by atoms with Crippen molar-refractivity contribution in [1.82, 2.24) is 0 Å². The first kappa shape index (κ1) is 15.0. The molecule has 0 aliphatic carbocycles. The van der Waals surface area contributed by atoms with Crippen molar-refractivity contribution in [2.75, 3.05) is 0 Å². The molecule has 0 radical (unpaired) electrons. The minimum absolute atomic E-state index is 0.0919. The molecule has 20 heavy (non-hydrogen) atoms. The van der Waals surface area contributed by atoms with E-state index in [9.17, 15) is 8.78 Å². The summed E-state index contributed by atoms with van der Waals surface area (Å²) in [6.07, 6.45) is 0.974. The molecule has 0 spiro atoms. The molecular formula is C17H17ClF2. The summed E-state index contributed by atoms with van der Waals surface area (Å²) in [7, 11) is 0. The molecule has 0 saturated heterocycles. The van der Waals surface area contributed by atoms with Crippen molar-refractivity contribution in [3.05, 3.63) is 70.8 Å². The zero-order chi connectivity index (χ0) is 14.7. The van der Waals surface area contributed by atoms with E-state index in [-0.39, 0.29) is 5.56 Å². The maximum atomic E-state index is 13.7. The van der Waals surface area contributed by atoms with Crippen molar-refractivity contribution < 1.29 is 8.78 Å². The Morgan fingerprint density at radius 2 is 1.50 bits per heavy atom. The van der Waals surface area contributed by atoms with E-state index in [4.69, 9.17) is 11.6 Å². The zero-order valence-corrected chi connectivity index (χ0v) is 12.3. The van der Waals surface area contributed by atoms with Crippen molar-refractivity contribution in [3.63, 3.8) is 0 Å². The minimum Gasteiger partial charge on any atom is -0.207 e. The van der Waals surface area contributed by atoms with E-state index in [1.54, 1.807) is 0 Å². The lowest BCUT2D eigenvalue weighted by Gasteiger charge is -2.13. The summed E-state index contributed by atoms with van der Waals surface area (Å²) in [5.74, 6) is -0.663. The van der Waals surface area contributed by atoms with Gasteiger partial charge in [0.15, 0.2) is 0 Å². The fourth-order valence-corrected chi connectivity index (χ4v) is 2.57. The van der Waals surface area contributed by atoms with Crippen LogP contribution in [0.2, 0.25) is 0 Å². The number of halogens is 3. The van der Waals surface area contributed by atoms with Crippen molar-refractivity contribution in [2.45, 2.75) is 25.6 Å². The first-order chi connectivity index (χ1) is 9.49. The molecule has 0 heterocycles. The van der Waals surface area contributed by atoms with Gasteiger partial charge in [0.25, 0.3) is 0 Å². The second-order valence-electron chi connectivity index (χ2n) is 5.34. The highest BCUT2D eigenvalue weighted by molar-refractivity contribution is 6.22. The van der Waals surface area contributed by atoms with Crippen LogP contribution < -0.4 is 0 Å². The van der Waals surface area contributed by atoms with Crippen molar-refractivity contribution >= 4 is 11.6 Å². The molecule has 0 amide bonds. The van der Waals surface area contributed by atoms with Gasteiger partial charge in [0.1, 0.15) is 11.6 Å². The number of hydrogen-bond acceptors (Lipinski definition) is 0. The Bertz CT molecular complexity index is 556. The van der Waals surface area contributed by atoms with Crippen LogP contribution in [0, 0.1) is 17.6 Å². The second kappa shape index (κ2) is 6.36. The van der Waals surface area contributed by atoms with Gasteiger partial charge in [-0.2, -0.15) is 0 Å². The van der Waals surface area contributed by atoms with E-state index in [1.165, 1.54) is 23.8 Å². The van der Waals surface area contributed by atoms with Crippen LogP contribution in [-0.2, 0) is 6.42 Å². The molecule has 1 atom stereocenters. The van der Waals surface area contributed by atoms with Gasteiger partial charge in [-0.25, -0.2) is 8.78 Å². The van der Waals surface area contributed by atoms with Crippen LogP contribution in [0.3, 0.4) is 0 Å². The molecule has 0 saturated carbocycles. The lowest BCUT2D eigenvalue weighted by Crippen LogP contribution is -2.01. The van der Waals surface area contributed by atoms with Gasteiger partial charge in [-0.05, 0) is 35.6 Å². The van der Waals surface area contributed by atoms with Gasteiger partial charge in [-0.3, -0.25) is 0 Å². The Morgan fingerprint density at radius 3 is 2.00 bits per heavy atom. The molecule has 0 N–H and O–H groups in total. The predicted octanol–water partition coefficient (Wildman–Crippen LogP) is 5.49. The van der Waals surface area contributed by atoms with Crippen LogP contribution >= 0.6 is 11.6 Å². The highest BCUT2D eigenvalue weighted by Gasteiger charge is 2.19. The molecule has 0 aromatic heterocycles. The molecule has 1 unspecified atom stereocenters. The van der Waals surface area contributed by atoms with E-state index in [2.05, 4.69) is 13.8 Å². The van der Waals surface area contributed by atoms with Crippen LogP contribution in [0.15, 0.2) is 42.5 Å². The molecule has 0 aliphatic rings. The molecule has 3 heteroatoms. The monoisotopic (exact) mass is 294 g/mol. The lowest BCUT2D eigenvalue weighted by atomic mass is 9.98. The lowest BCUT2D eigenvalue weighted by molar-refractivity contribution is 0.559. The second-order valence-corrected chi connectivity index (χ2v) is 5.77. The van der Waals surface area contributed by atoms with E-state index in [0.717, 1.165) is 6.42 Å². The minimum atomic E-state index is -0.815. The predicted molar refractivity (Wildman–Crippen MR) is 79.0 cm³/mol. The Kier molecular flexibility index (Phi) is 4.77. The van der Waals surface area contributed by atoms with E-state index >= 15 is 0 Å². The Morgan fingerprint density at radius 1 is 0.950 bits per heavy atom. The largest absolute Gasteiger partial charge is 0.207 e. The molecule has 106 valence electrons. The number of alkyl halides is 1. The van der Waals surface area contributed by atoms with Gasteiger partial charge in [0, 0.05) is 5.56 Å². The molecule has 0 aliphatic heterocycles. The number of rotatable bonds is 4. The zero-order valence-electron chi connectivity index (χ0n) is 11.5. The number of hydrogen-bond donors (Lipinski definition) is 0. The molecular weight excluding hydrogens is 278 g/mol. The van der Waals surface area contributed by atoms with Crippen LogP contribution in [0.25, 0.3) is 0 Å². The molecule has 0 fully saturated rings. The van der Waals surface area contributed by atoms with Crippen LogP contribution in [0.4, 0.5) is 8.78 Å². The van der Waals surface area contributed by atoms with Crippen molar-refractivity contribution in [3.8, 4) is 0 Å². The molecule has 0 bridgehead atoms. The smallest absolute Gasteiger partial charge is 0.131 e. The first-order valence-electron chi connectivity index (χ1n) is 6.66. The van der Waals surface area contributed by atoms with Gasteiger partial charge in [0.2, 0.25) is 0 Å². The molecule has 2 rings (SSSR count). The van der Waals surface area contributed by atoms with E-state index < -0.39 is 17.0 Å². The summed E-state index contributed by atoms with van der Waals surface area (Å²) >= 11 is 6.22. The maximum Gasteiger partial charge on any atom is 0.131 e. The van der Waals surface area contributed by atoms with Crippen molar-refractivity contribution in [2.24, 2.45) is 5.92 Å². The topological polar surface area (TPSA) is 0 Å². The van der Waals surface area contributed by atoms with Gasteiger partial charge in [-0.15, -0.1) is 11.6 Å². The Hall–Kier alpha value is -1.41. The summed E-state index contributed by atoms with van der Waals surface area (Å²) in [5.41, 5.74) is 1.80. The fraction of sp³-hybridized carbons (Fsp3) is 0.294. The highest BCUT2D eigenvalue weighted by Crippen LogP contribution is 2.32. The summed E-state index contributed by atoms with van der Waals surface area (Å²) < 4.78 is 27.4. The van der Waals surface area contributed by atoms with Gasteiger partial charge >= 0.3 is 0 Å². The number of benzene rings is 2. The molecule has 2 aromatic carbocycles. The van der Waals surface area contributed by atoms with Crippen LogP contribution in [-0.4, -0.2) is 0 Å². The maximum absolute atomic E-state index is 13.7. The third-order valence-electron chi connectivity index (χ3n) is 3.17. The summed E-state index contributed by atoms with van der Waals surface area (Å²) in [6.45, 7) is 4.29. The summed E-state index contributed by atoms with van der Waals surface area (Å²) in [4.78, 5) is 0. The van der Waals surface area contributed by atoms with Gasteiger partial charge in [0.05, 0.1) is 5.38 Å². The average Bonchev–Trinajstić information content (AvgIpc) is 2.38. The normalized spacial score (nSPS) is 12.7. The Balaban J connectivity index is 2.27. The average molecular weight is 295 g/mol. The van der Waals surface area contributed by atoms with Crippen LogP contribution in [0.1, 0.15) is 35.9 Å². The molecule has 0 nitrogen and oxygen atoms in total. The summed E-state index contributed by atoms with van der Waals surface area (Å²) in [6, 6.07) is 11.4. The molecule has 2 aromatic rings. The van der Waals surface area contributed by atoms with Crippen molar-refractivity contribution in [1.29, 1.82) is 0 Å². The SMILES string of the molecule is CC(C)Cc1ccc(C(Cl)c2c(F)cccc2F)cc1. The summed E-state index contributed by atoms with van der Waals surface area (Å²) in [5, 5.41) is -0.815. The van der Waals surface area contributed by atoms with E-state index in [1.807, 2.05) is 24.3 Å². The van der Waals surface area contributed by atoms with Gasteiger partial charge in [-0.1, -0.05) is 44.2 Å². The van der Waals surface area contributed by atoms with Crippen LogP contribution in [0.5, 0.6) is 0 Å². The first-order valence-corrected chi connectivity index (χ1v) is 7.09.